The monoisotopic (exact) mass is 1100 g/mol. The lowest BCUT2D eigenvalue weighted by atomic mass is 10.0. The number of carbonyl (C=O) groups excluding carboxylic acids is 2. The molecule has 4 aromatic heterocycles. The molecule has 0 spiro atoms. The highest BCUT2D eigenvalue weighted by molar-refractivity contribution is 9.10. The second kappa shape index (κ2) is 20.0. The minimum atomic E-state index is -6.32. The molecule has 0 aliphatic carbocycles. The Morgan fingerprint density at radius 2 is 0.957 bits per heavy atom. The van der Waals surface area contributed by atoms with Gasteiger partial charge in [0.1, 0.15) is 19.3 Å². The first kappa shape index (κ1) is 54.3. The lowest BCUT2D eigenvalue weighted by molar-refractivity contribution is -0.351. The van der Waals surface area contributed by atoms with Crippen LogP contribution in [-0.4, -0.2) is 93.8 Å². The Balaban J connectivity index is 0.000000258. The molecule has 0 amide bonds. The standard InChI is InChI=1S/C20H14BrClF7N3O3.C20H15ClF7N3O3/c1-34-9-31-15(18(23,19(24,25)26)20(27,28)29)6-13(21)16(31)32-8-11(7-30-32)10-3-4-14(22)12(5-10)17(33)35-2;1-33-10-30-15(18(22,19(23,24)25)20(26,27)28)5-6-16(30)31-9-12(8-29-31)11-3-4-14(21)13(7-11)17(32)34-2/h3-8H,9H2,1-2H3;3-9H,10H2,1-2H3. The van der Waals surface area contributed by atoms with E-state index in [-0.39, 0.29) is 37.3 Å². The molecule has 4 heterocycles. The van der Waals surface area contributed by atoms with Gasteiger partial charge < -0.3 is 28.1 Å². The van der Waals surface area contributed by atoms with E-state index in [2.05, 4.69) is 35.6 Å². The largest absolute Gasteiger partial charge is 0.465 e. The van der Waals surface area contributed by atoms with Crippen LogP contribution in [0.3, 0.4) is 0 Å². The molecule has 2 aromatic carbocycles. The van der Waals surface area contributed by atoms with Crippen LogP contribution >= 0.6 is 39.1 Å². The predicted molar refractivity (Wildman–Crippen MR) is 218 cm³/mol. The summed E-state index contributed by atoms with van der Waals surface area (Å²) in [4.78, 5) is 23.8. The third-order valence-electron chi connectivity index (χ3n) is 9.79. The topological polar surface area (TPSA) is 117 Å². The summed E-state index contributed by atoms with van der Waals surface area (Å²) in [6.45, 7) is -1.70. The van der Waals surface area contributed by atoms with Gasteiger partial charge in [0, 0.05) is 37.7 Å². The molecule has 0 N–H and O–H groups in total. The first-order chi connectivity index (χ1) is 31.9. The van der Waals surface area contributed by atoms with Gasteiger partial charge in [-0.25, -0.2) is 27.7 Å². The number of halogens is 17. The normalized spacial score (nSPS) is 12.8. The average Bonchev–Trinajstić information content (AvgIpc) is 4.09. The first-order valence-electron chi connectivity index (χ1n) is 18.5. The maximum absolute atomic E-state index is 14.9. The fourth-order valence-electron chi connectivity index (χ4n) is 6.54. The van der Waals surface area contributed by atoms with Crippen LogP contribution in [0, 0.1) is 0 Å². The van der Waals surface area contributed by atoms with Gasteiger partial charge in [-0.1, -0.05) is 35.3 Å². The van der Waals surface area contributed by atoms with Crippen LogP contribution in [0.1, 0.15) is 32.1 Å². The van der Waals surface area contributed by atoms with Crippen molar-refractivity contribution in [3.63, 3.8) is 0 Å². The molecule has 0 aliphatic heterocycles. The number of hydrogen-bond acceptors (Lipinski definition) is 8. The Bertz CT molecular complexity index is 2810. The zero-order valence-electron chi connectivity index (χ0n) is 35.0. The molecule has 374 valence electrons. The Morgan fingerprint density at radius 3 is 1.38 bits per heavy atom. The molecule has 0 atom stereocenters. The molecule has 0 radical (unpaired) electrons. The number of hydrogen-bond donors (Lipinski definition) is 0. The summed E-state index contributed by atoms with van der Waals surface area (Å²) in [7, 11) is 4.33. The van der Waals surface area contributed by atoms with Gasteiger partial charge in [-0.2, -0.15) is 62.9 Å². The molecule has 0 aliphatic rings. The number of methoxy groups -OCH3 is 4. The van der Waals surface area contributed by atoms with Crippen molar-refractivity contribution in [2.24, 2.45) is 0 Å². The van der Waals surface area contributed by atoms with E-state index >= 15 is 0 Å². The highest BCUT2D eigenvalue weighted by Crippen LogP contribution is 2.55. The predicted octanol–water partition coefficient (Wildman–Crippen LogP) is 12.1. The second-order valence-electron chi connectivity index (χ2n) is 14.0. The SMILES string of the molecule is COCn1c(-n2cc(-c3ccc(Cl)c(C(=O)OC)c3)cn2)ccc1C(F)(C(F)(F)F)C(F)(F)F.COCn1c(C(F)(C(F)(F)F)C(F)(F)F)cc(Br)c1-n1cc(-c2ccc(Cl)c(C(=O)OC)c2)cn1. The van der Waals surface area contributed by atoms with E-state index in [4.69, 9.17) is 32.7 Å². The Kier molecular flexibility index (Phi) is 15.7. The summed E-state index contributed by atoms with van der Waals surface area (Å²) in [5.74, 6) is -2.16. The summed E-state index contributed by atoms with van der Waals surface area (Å²) in [6, 6.07) is 10.1. The van der Waals surface area contributed by atoms with Crippen molar-refractivity contribution in [2.45, 2.75) is 49.5 Å². The summed E-state index contributed by atoms with van der Waals surface area (Å²) in [6.07, 6.45) is -20.3. The summed E-state index contributed by atoms with van der Waals surface area (Å²) < 4.78 is 211. The number of benzene rings is 2. The number of alkyl halides is 14. The van der Waals surface area contributed by atoms with Crippen LogP contribution in [0.4, 0.5) is 61.5 Å². The maximum Gasteiger partial charge on any atom is 0.437 e. The molecular formula is C40H29BrCl2F14N6O6. The van der Waals surface area contributed by atoms with Gasteiger partial charge in [-0.15, -0.1) is 0 Å². The zero-order valence-corrected chi connectivity index (χ0v) is 38.1. The molecule has 6 aromatic rings. The maximum atomic E-state index is 14.9. The number of rotatable bonds is 12. The molecule has 12 nitrogen and oxygen atoms in total. The molecule has 0 saturated heterocycles. The lowest BCUT2D eigenvalue weighted by Crippen LogP contribution is -2.51. The van der Waals surface area contributed by atoms with Crippen molar-refractivity contribution in [1.82, 2.24) is 28.7 Å². The van der Waals surface area contributed by atoms with E-state index in [1.165, 1.54) is 61.2 Å². The van der Waals surface area contributed by atoms with Gasteiger partial charge >= 0.3 is 48.0 Å². The highest BCUT2D eigenvalue weighted by atomic mass is 79.9. The van der Waals surface area contributed by atoms with Gasteiger partial charge in [0.25, 0.3) is 0 Å². The Hall–Kier alpha value is -5.64. The number of ether oxygens (including phenoxy) is 4. The number of nitrogens with zero attached hydrogens (tertiary/aromatic N) is 6. The van der Waals surface area contributed by atoms with E-state index in [9.17, 15) is 71.1 Å². The third-order valence-corrected chi connectivity index (χ3v) is 11.0. The number of esters is 2. The van der Waals surface area contributed by atoms with Crippen molar-refractivity contribution >= 4 is 51.1 Å². The van der Waals surface area contributed by atoms with Crippen LogP contribution in [0.15, 0.2) is 83.9 Å². The highest BCUT2D eigenvalue weighted by Gasteiger charge is 2.76. The van der Waals surface area contributed by atoms with Crippen molar-refractivity contribution in [1.29, 1.82) is 0 Å². The molecule has 69 heavy (non-hydrogen) atoms. The van der Waals surface area contributed by atoms with E-state index in [0.717, 1.165) is 43.9 Å². The molecule has 0 saturated carbocycles. The van der Waals surface area contributed by atoms with Gasteiger partial charge in [0.15, 0.2) is 5.82 Å². The van der Waals surface area contributed by atoms with E-state index < -0.39 is 72.8 Å². The quantitative estimate of drug-likeness (QED) is 0.0879. The summed E-state index contributed by atoms with van der Waals surface area (Å²) in [5.41, 5.74) is -13.4. The minimum Gasteiger partial charge on any atom is -0.465 e. The van der Waals surface area contributed by atoms with E-state index in [0.29, 0.717) is 43.5 Å². The van der Waals surface area contributed by atoms with Crippen molar-refractivity contribution in [2.75, 3.05) is 28.4 Å². The average molecular weight is 1110 g/mol. The lowest BCUT2D eigenvalue weighted by Gasteiger charge is -2.31. The van der Waals surface area contributed by atoms with Crippen LogP contribution in [-0.2, 0) is 43.7 Å². The van der Waals surface area contributed by atoms with Crippen molar-refractivity contribution in [3.8, 4) is 33.9 Å². The smallest absolute Gasteiger partial charge is 0.437 e. The molecule has 0 fully saturated rings. The minimum absolute atomic E-state index is 0.0169. The third kappa shape index (κ3) is 10.2. The van der Waals surface area contributed by atoms with Gasteiger partial charge in [0.05, 0.1) is 63.6 Å². The summed E-state index contributed by atoms with van der Waals surface area (Å²) in [5, 5.41) is 8.12. The fourth-order valence-corrected chi connectivity index (χ4v) is 7.54. The van der Waals surface area contributed by atoms with Crippen molar-refractivity contribution < 1.29 is 90.0 Å². The molecule has 6 rings (SSSR count). The van der Waals surface area contributed by atoms with Gasteiger partial charge in [0.2, 0.25) is 0 Å². The van der Waals surface area contributed by atoms with Gasteiger partial charge in [-0.05, 0) is 69.5 Å². The molecule has 0 bridgehead atoms. The van der Waals surface area contributed by atoms with Crippen LogP contribution < -0.4 is 0 Å². The van der Waals surface area contributed by atoms with Crippen LogP contribution in [0.2, 0.25) is 10.0 Å². The second-order valence-corrected chi connectivity index (χ2v) is 15.7. The molecule has 29 heteroatoms. The Morgan fingerprint density at radius 1 is 0.551 bits per heavy atom. The Labute approximate surface area is 396 Å². The van der Waals surface area contributed by atoms with E-state index in [1.54, 1.807) is 0 Å². The van der Waals surface area contributed by atoms with Crippen LogP contribution in [0.25, 0.3) is 33.9 Å². The number of aromatic nitrogens is 6. The zero-order chi connectivity index (χ0) is 51.8. The fraction of sp³-hybridized carbons (Fsp3) is 0.300. The number of carbonyl (C=O) groups is 2. The van der Waals surface area contributed by atoms with Crippen LogP contribution in [0.5, 0.6) is 0 Å². The van der Waals surface area contributed by atoms with Gasteiger partial charge in [-0.3, -0.25) is 0 Å². The molecule has 0 unspecified atom stereocenters. The summed E-state index contributed by atoms with van der Waals surface area (Å²) >= 11 is 14.9. The first-order valence-corrected chi connectivity index (χ1v) is 20.1. The van der Waals surface area contributed by atoms with Crippen molar-refractivity contribution in [3.05, 3.63) is 116 Å². The molecular weight excluding hydrogens is 1080 g/mol. The van der Waals surface area contributed by atoms with E-state index in [1.807, 2.05) is 0 Å².